The maximum atomic E-state index is 14.0. The van der Waals surface area contributed by atoms with Gasteiger partial charge >= 0.3 is 0 Å². The quantitative estimate of drug-likeness (QED) is 0.608. The van der Waals surface area contributed by atoms with Crippen LogP contribution in [-0.4, -0.2) is 54.3 Å². The summed E-state index contributed by atoms with van der Waals surface area (Å²) in [5, 5.41) is 1.13. The molecule has 2 aromatic rings. The van der Waals surface area contributed by atoms with Gasteiger partial charge in [-0.3, -0.25) is 9.69 Å². The third-order valence-electron chi connectivity index (χ3n) is 7.80. The van der Waals surface area contributed by atoms with Crippen molar-refractivity contribution in [3.05, 3.63) is 40.2 Å². The molecule has 186 valence electrons. The van der Waals surface area contributed by atoms with E-state index in [4.69, 9.17) is 18.6 Å². The molecule has 0 radical (unpaired) electrons. The molecule has 0 bridgehead atoms. The van der Waals surface area contributed by atoms with Crippen molar-refractivity contribution < 1.29 is 23.4 Å². The molecule has 1 amide bonds. The van der Waals surface area contributed by atoms with E-state index in [1.165, 1.54) is 25.7 Å². The van der Waals surface area contributed by atoms with Crippen molar-refractivity contribution in [2.75, 3.05) is 20.2 Å². The molecule has 4 aliphatic rings. The first-order valence-corrected chi connectivity index (χ1v) is 13.0. The highest BCUT2D eigenvalue weighted by molar-refractivity contribution is 5.95. The molecule has 0 spiro atoms. The van der Waals surface area contributed by atoms with Gasteiger partial charge < -0.3 is 23.5 Å². The average Bonchev–Trinajstić information content (AvgIpc) is 3.53. The summed E-state index contributed by atoms with van der Waals surface area (Å²) in [4.78, 5) is 18.6. The molecule has 3 heterocycles. The lowest BCUT2D eigenvalue weighted by Gasteiger charge is -2.40. The first-order valence-electron chi connectivity index (χ1n) is 13.0. The van der Waals surface area contributed by atoms with Gasteiger partial charge in [-0.05, 0) is 69.3 Å². The minimum absolute atomic E-state index is 0.0444. The summed E-state index contributed by atoms with van der Waals surface area (Å²) in [6.45, 7) is 4.08. The standard InChI is InChI=1S/C28H34N2O5/c1-18-33-26-15-20(14-25(32-2)27(26)34-18)28(31)29(16-22-10-6-12-30(22)21-8-5-9-21)17-23-13-19-7-3-4-11-24(19)35-23/h7,11,13-15,18,21-22H,3-6,8-10,12,16-17H2,1-2H3/t18?,22-/m0/s1. The first kappa shape index (κ1) is 22.5. The fourth-order valence-corrected chi connectivity index (χ4v) is 5.85. The van der Waals surface area contributed by atoms with Crippen LogP contribution in [0.1, 0.15) is 68.0 Å². The molecule has 2 atom stereocenters. The lowest BCUT2D eigenvalue weighted by Crippen LogP contribution is -2.48. The van der Waals surface area contributed by atoms with Crippen molar-refractivity contribution in [2.45, 2.75) is 76.8 Å². The van der Waals surface area contributed by atoms with E-state index in [1.807, 2.05) is 11.8 Å². The van der Waals surface area contributed by atoms with Crippen LogP contribution >= 0.6 is 0 Å². The largest absolute Gasteiger partial charge is 0.493 e. The molecular weight excluding hydrogens is 444 g/mol. The van der Waals surface area contributed by atoms with Crippen molar-refractivity contribution in [3.63, 3.8) is 0 Å². The van der Waals surface area contributed by atoms with Gasteiger partial charge in [-0.2, -0.15) is 0 Å². The second-order valence-corrected chi connectivity index (χ2v) is 10.1. The van der Waals surface area contributed by atoms with Gasteiger partial charge in [-0.25, -0.2) is 0 Å². The Balaban J connectivity index is 1.31. The predicted octanol–water partition coefficient (Wildman–Crippen LogP) is 3.42. The molecule has 7 heteroatoms. The summed E-state index contributed by atoms with van der Waals surface area (Å²) >= 11 is 0. The van der Waals surface area contributed by atoms with Crippen molar-refractivity contribution in [3.8, 4) is 17.2 Å². The lowest BCUT2D eigenvalue weighted by molar-refractivity contribution is 0.0576. The molecule has 1 saturated carbocycles. The number of carbonyl (C=O) groups is 1. The van der Waals surface area contributed by atoms with Crippen LogP contribution < -0.4 is 24.8 Å². The first-order chi connectivity index (χ1) is 17.1. The zero-order chi connectivity index (χ0) is 23.9. The van der Waals surface area contributed by atoms with Crippen LogP contribution in [0.15, 0.2) is 22.6 Å². The SMILES string of the molecule is COc1cc(C(=O)N(Cc2cc3c(o2)=CCCC=3)C[C@@H]2CCCN2C2CCC2)cc2c1OC(C)O2. The predicted molar refractivity (Wildman–Crippen MR) is 132 cm³/mol. The Morgan fingerprint density at radius 2 is 1.97 bits per heavy atom. The molecule has 1 saturated heterocycles. The highest BCUT2D eigenvalue weighted by Gasteiger charge is 2.36. The number of methoxy groups -OCH3 is 1. The summed E-state index contributed by atoms with van der Waals surface area (Å²) in [7, 11) is 1.59. The second-order valence-electron chi connectivity index (χ2n) is 10.1. The van der Waals surface area contributed by atoms with Gasteiger partial charge in [0.25, 0.3) is 5.91 Å². The summed E-state index contributed by atoms with van der Waals surface area (Å²) in [6.07, 6.45) is 12.2. The van der Waals surface area contributed by atoms with Crippen LogP contribution in [0.25, 0.3) is 12.2 Å². The van der Waals surface area contributed by atoms with Crippen molar-refractivity contribution in [2.24, 2.45) is 0 Å². The molecule has 1 unspecified atom stereocenters. The number of carbonyl (C=O) groups excluding carboxylic acids is 1. The number of likely N-dealkylation sites (tertiary alicyclic amines) is 1. The van der Waals surface area contributed by atoms with Gasteiger partial charge in [0.2, 0.25) is 12.0 Å². The molecule has 2 fully saturated rings. The molecule has 0 N–H and O–H groups in total. The van der Waals surface area contributed by atoms with Gasteiger partial charge in [-0.1, -0.05) is 12.5 Å². The molecule has 6 rings (SSSR count). The maximum absolute atomic E-state index is 14.0. The fourth-order valence-electron chi connectivity index (χ4n) is 5.85. The number of amides is 1. The molecule has 2 aliphatic heterocycles. The van der Waals surface area contributed by atoms with E-state index in [-0.39, 0.29) is 5.91 Å². The number of nitrogens with zero attached hydrogens (tertiary/aromatic N) is 2. The lowest BCUT2D eigenvalue weighted by atomic mass is 9.91. The van der Waals surface area contributed by atoms with Gasteiger partial charge in [0, 0.05) is 36.3 Å². The molecule has 1 aromatic heterocycles. The highest BCUT2D eigenvalue weighted by atomic mass is 16.7. The van der Waals surface area contributed by atoms with E-state index < -0.39 is 6.29 Å². The van der Waals surface area contributed by atoms with E-state index in [0.717, 1.165) is 42.2 Å². The summed E-state index contributed by atoms with van der Waals surface area (Å²) < 4.78 is 23.2. The monoisotopic (exact) mass is 478 g/mol. The number of rotatable bonds is 7. The summed E-state index contributed by atoms with van der Waals surface area (Å²) in [6, 6.07) is 6.69. The van der Waals surface area contributed by atoms with Crippen LogP contribution in [0.5, 0.6) is 17.2 Å². The Bertz CT molecular complexity index is 1200. The fraction of sp³-hybridized carbons (Fsp3) is 0.536. The zero-order valence-electron chi connectivity index (χ0n) is 20.6. The van der Waals surface area contributed by atoms with Crippen LogP contribution in [0, 0.1) is 0 Å². The third kappa shape index (κ3) is 4.31. The smallest absolute Gasteiger partial charge is 0.254 e. The number of benzene rings is 1. The van der Waals surface area contributed by atoms with Gasteiger partial charge in [0.05, 0.1) is 13.7 Å². The molecular formula is C28H34N2O5. The minimum Gasteiger partial charge on any atom is -0.493 e. The molecule has 35 heavy (non-hydrogen) atoms. The Kier molecular flexibility index (Phi) is 5.96. The van der Waals surface area contributed by atoms with Crippen LogP contribution in [-0.2, 0) is 6.54 Å². The summed E-state index contributed by atoms with van der Waals surface area (Å²) in [5.74, 6) is 2.41. The number of ether oxygens (including phenoxy) is 3. The van der Waals surface area contributed by atoms with Crippen LogP contribution in [0.2, 0.25) is 0 Å². The van der Waals surface area contributed by atoms with E-state index in [0.29, 0.717) is 48.0 Å². The normalized spacial score (nSPS) is 23.3. The Hall–Kier alpha value is -2.93. The van der Waals surface area contributed by atoms with Crippen molar-refractivity contribution in [1.82, 2.24) is 9.80 Å². The molecule has 2 aliphatic carbocycles. The molecule has 7 nitrogen and oxygen atoms in total. The maximum Gasteiger partial charge on any atom is 0.254 e. The number of fused-ring (bicyclic) bond motifs is 2. The third-order valence-corrected chi connectivity index (χ3v) is 7.80. The summed E-state index contributed by atoms with van der Waals surface area (Å²) in [5.41, 5.74) is 1.47. The number of hydrogen-bond acceptors (Lipinski definition) is 6. The average molecular weight is 479 g/mol. The van der Waals surface area contributed by atoms with Gasteiger partial charge in [0.15, 0.2) is 11.5 Å². The Morgan fingerprint density at radius 3 is 2.74 bits per heavy atom. The van der Waals surface area contributed by atoms with Crippen molar-refractivity contribution >= 4 is 18.1 Å². The second kappa shape index (κ2) is 9.26. The zero-order valence-corrected chi connectivity index (χ0v) is 20.6. The van der Waals surface area contributed by atoms with E-state index in [2.05, 4.69) is 23.1 Å². The van der Waals surface area contributed by atoms with E-state index in [9.17, 15) is 4.79 Å². The van der Waals surface area contributed by atoms with E-state index in [1.54, 1.807) is 19.2 Å². The van der Waals surface area contributed by atoms with Crippen molar-refractivity contribution in [1.29, 1.82) is 0 Å². The minimum atomic E-state index is -0.406. The topological polar surface area (TPSA) is 64.4 Å². The number of furan rings is 1. The Morgan fingerprint density at radius 1 is 1.11 bits per heavy atom. The van der Waals surface area contributed by atoms with Gasteiger partial charge in [-0.15, -0.1) is 0 Å². The molecule has 1 aromatic carbocycles. The number of hydrogen-bond donors (Lipinski definition) is 0. The highest BCUT2D eigenvalue weighted by Crippen LogP contribution is 2.44. The van der Waals surface area contributed by atoms with E-state index >= 15 is 0 Å². The Labute approximate surface area is 205 Å². The van der Waals surface area contributed by atoms with Crippen LogP contribution in [0.3, 0.4) is 0 Å². The van der Waals surface area contributed by atoms with Crippen LogP contribution in [0.4, 0.5) is 0 Å². The van der Waals surface area contributed by atoms with Gasteiger partial charge in [0.1, 0.15) is 11.2 Å².